The Balaban J connectivity index is 2.11. The van der Waals surface area contributed by atoms with E-state index in [4.69, 9.17) is 9.47 Å². The zero-order valence-corrected chi connectivity index (χ0v) is 16.1. The number of aromatic nitrogens is 1. The number of nitrogens with zero attached hydrogens (tertiary/aromatic N) is 1. The summed E-state index contributed by atoms with van der Waals surface area (Å²) in [5, 5.41) is 0.289. The van der Waals surface area contributed by atoms with E-state index in [9.17, 15) is 14.4 Å². The fraction of sp³-hybridized carbons (Fsp3) is 0.250. The molecule has 0 spiro atoms. The highest BCUT2D eigenvalue weighted by atomic mass is 32.1. The second kappa shape index (κ2) is 7.75. The third-order valence-electron chi connectivity index (χ3n) is 4.18. The lowest BCUT2D eigenvalue weighted by molar-refractivity contribution is 0.0529. The Morgan fingerprint density at radius 3 is 2.52 bits per heavy atom. The van der Waals surface area contributed by atoms with Crippen molar-refractivity contribution < 1.29 is 19.1 Å². The number of benzene rings is 1. The summed E-state index contributed by atoms with van der Waals surface area (Å²) in [6.45, 7) is 3.61. The fourth-order valence-electron chi connectivity index (χ4n) is 2.88. The van der Waals surface area contributed by atoms with Gasteiger partial charge in [0, 0.05) is 16.0 Å². The van der Waals surface area contributed by atoms with E-state index in [0.717, 1.165) is 11.3 Å². The highest BCUT2D eigenvalue weighted by molar-refractivity contribution is 7.21. The number of hydrogen-bond acceptors (Lipinski definition) is 6. The van der Waals surface area contributed by atoms with Crippen molar-refractivity contribution in [1.29, 1.82) is 0 Å². The molecule has 0 bridgehead atoms. The van der Waals surface area contributed by atoms with Crippen LogP contribution in [0.5, 0.6) is 5.75 Å². The number of carbonyl (C=O) groups is 2. The zero-order valence-electron chi connectivity index (χ0n) is 15.3. The van der Waals surface area contributed by atoms with E-state index >= 15 is 0 Å². The Bertz CT molecular complexity index is 1070. The third kappa shape index (κ3) is 3.50. The first-order valence-corrected chi connectivity index (χ1v) is 9.25. The number of methoxy groups -OCH3 is 1. The summed E-state index contributed by atoms with van der Waals surface area (Å²) in [5.41, 5.74) is 0.808. The monoisotopic (exact) mass is 385 g/mol. The van der Waals surface area contributed by atoms with Crippen molar-refractivity contribution in [3.63, 3.8) is 0 Å². The third-order valence-corrected chi connectivity index (χ3v) is 5.28. The number of rotatable bonds is 6. The number of carbonyl (C=O) groups excluding carboxylic acids is 2. The molecule has 0 aliphatic heterocycles. The van der Waals surface area contributed by atoms with Crippen molar-refractivity contribution in [2.45, 2.75) is 20.4 Å². The molecule has 0 radical (unpaired) electrons. The molecule has 0 aliphatic rings. The van der Waals surface area contributed by atoms with Crippen LogP contribution in [0.15, 0.2) is 41.2 Å². The molecule has 0 aliphatic carbocycles. The molecule has 1 aromatic carbocycles. The maximum atomic E-state index is 13.1. The minimum Gasteiger partial charge on any atom is -0.494 e. The molecule has 7 heteroatoms. The Hall–Kier alpha value is -2.93. The summed E-state index contributed by atoms with van der Waals surface area (Å²) in [7, 11) is 1.41. The molecule has 0 saturated heterocycles. The lowest BCUT2D eigenvalue weighted by Gasteiger charge is -2.10. The van der Waals surface area contributed by atoms with Gasteiger partial charge in [0.05, 0.1) is 20.3 Å². The van der Waals surface area contributed by atoms with Gasteiger partial charge in [0.15, 0.2) is 16.4 Å². The van der Waals surface area contributed by atoms with Crippen LogP contribution in [0.4, 0.5) is 0 Å². The van der Waals surface area contributed by atoms with E-state index in [1.807, 2.05) is 6.07 Å². The van der Waals surface area contributed by atoms with E-state index in [1.54, 1.807) is 44.2 Å². The molecular weight excluding hydrogens is 366 g/mol. The van der Waals surface area contributed by atoms with Crippen LogP contribution in [0.3, 0.4) is 0 Å². The average Bonchev–Trinajstić information content (AvgIpc) is 3.04. The number of hydrogen-bond donors (Lipinski definition) is 0. The molecule has 0 amide bonds. The molecule has 0 fully saturated rings. The van der Waals surface area contributed by atoms with Crippen LogP contribution in [-0.4, -0.2) is 30.0 Å². The molecule has 0 saturated carbocycles. The Kier molecular flexibility index (Phi) is 5.41. The standard InChI is InChI=1S/C20H19NO5S/c1-4-26-20(24)18-17(25-3)16-15(27-18)10-12(2)21(19(16)23)11-14(22)13-8-6-5-7-9-13/h5-10H,4,11H2,1-3H3. The number of Topliss-reactive ketones (excluding diaryl/α,β-unsaturated/α-hetero) is 1. The van der Waals surface area contributed by atoms with Crippen molar-refractivity contribution in [2.24, 2.45) is 0 Å². The SMILES string of the molecule is CCOC(=O)c1sc2cc(C)n(CC(=O)c3ccccc3)c(=O)c2c1OC. The smallest absolute Gasteiger partial charge is 0.352 e. The second-order valence-electron chi connectivity index (χ2n) is 5.89. The first-order chi connectivity index (χ1) is 13.0. The summed E-state index contributed by atoms with van der Waals surface area (Å²) < 4.78 is 12.4. The molecule has 3 aromatic rings. The largest absolute Gasteiger partial charge is 0.494 e. The highest BCUT2D eigenvalue weighted by Gasteiger charge is 2.24. The van der Waals surface area contributed by atoms with E-state index in [-0.39, 0.29) is 40.5 Å². The molecule has 0 N–H and O–H groups in total. The number of thiophene rings is 1. The van der Waals surface area contributed by atoms with Crippen LogP contribution >= 0.6 is 11.3 Å². The maximum absolute atomic E-state index is 13.1. The summed E-state index contributed by atoms with van der Waals surface area (Å²) >= 11 is 1.15. The number of pyridine rings is 1. The molecule has 2 heterocycles. The molecule has 0 unspecified atom stereocenters. The minimum absolute atomic E-state index is 0.0850. The number of ketones is 1. The van der Waals surface area contributed by atoms with Gasteiger partial charge in [-0.25, -0.2) is 4.79 Å². The number of ether oxygens (including phenoxy) is 2. The van der Waals surface area contributed by atoms with Gasteiger partial charge in [-0.15, -0.1) is 11.3 Å². The van der Waals surface area contributed by atoms with Crippen molar-refractivity contribution in [1.82, 2.24) is 4.57 Å². The second-order valence-corrected chi connectivity index (χ2v) is 6.94. The van der Waals surface area contributed by atoms with Gasteiger partial charge >= 0.3 is 5.97 Å². The molecular formula is C20H19NO5S. The quantitative estimate of drug-likeness (QED) is 0.480. The Morgan fingerprint density at radius 1 is 1.19 bits per heavy atom. The zero-order chi connectivity index (χ0) is 19.6. The minimum atomic E-state index is -0.528. The normalized spacial score (nSPS) is 10.8. The van der Waals surface area contributed by atoms with Gasteiger partial charge in [0.1, 0.15) is 5.39 Å². The lowest BCUT2D eigenvalue weighted by Crippen LogP contribution is -2.26. The van der Waals surface area contributed by atoms with Crippen LogP contribution in [0.25, 0.3) is 10.1 Å². The first-order valence-electron chi connectivity index (χ1n) is 8.44. The summed E-state index contributed by atoms with van der Waals surface area (Å²) in [6.07, 6.45) is 0. The molecule has 27 heavy (non-hydrogen) atoms. The van der Waals surface area contributed by atoms with Crippen molar-refractivity contribution >= 4 is 33.2 Å². The van der Waals surface area contributed by atoms with E-state index < -0.39 is 5.97 Å². The van der Waals surface area contributed by atoms with Crippen LogP contribution in [-0.2, 0) is 11.3 Å². The van der Waals surface area contributed by atoms with Crippen LogP contribution in [0, 0.1) is 6.92 Å². The van der Waals surface area contributed by atoms with Gasteiger partial charge in [-0.1, -0.05) is 30.3 Å². The lowest BCUT2D eigenvalue weighted by atomic mass is 10.1. The molecule has 2 aromatic heterocycles. The van der Waals surface area contributed by atoms with Crippen LogP contribution in [0.2, 0.25) is 0 Å². The predicted octanol–water partition coefficient (Wildman–Crippen LogP) is 3.44. The summed E-state index contributed by atoms with van der Waals surface area (Å²) in [6, 6.07) is 10.6. The Morgan fingerprint density at radius 2 is 1.89 bits per heavy atom. The molecule has 6 nitrogen and oxygen atoms in total. The van der Waals surface area contributed by atoms with Crippen molar-refractivity contribution in [3.05, 3.63) is 62.9 Å². The van der Waals surface area contributed by atoms with Gasteiger partial charge < -0.3 is 14.0 Å². The topological polar surface area (TPSA) is 74.6 Å². The van der Waals surface area contributed by atoms with Crippen molar-refractivity contribution in [3.8, 4) is 5.75 Å². The van der Waals surface area contributed by atoms with E-state index in [0.29, 0.717) is 16.0 Å². The van der Waals surface area contributed by atoms with Gasteiger partial charge in [0.25, 0.3) is 5.56 Å². The first kappa shape index (κ1) is 18.8. The highest BCUT2D eigenvalue weighted by Crippen LogP contribution is 2.36. The van der Waals surface area contributed by atoms with Crippen LogP contribution < -0.4 is 10.3 Å². The predicted molar refractivity (Wildman–Crippen MR) is 104 cm³/mol. The number of aryl methyl sites for hydroxylation is 1. The Labute approximate surface area is 160 Å². The van der Waals surface area contributed by atoms with Gasteiger partial charge in [-0.3, -0.25) is 9.59 Å². The molecule has 3 rings (SSSR count). The summed E-state index contributed by atoms with van der Waals surface area (Å²) in [4.78, 5) is 38.1. The number of esters is 1. The molecule has 140 valence electrons. The van der Waals surface area contributed by atoms with Gasteiger partial charge in [-0.2, -0.15) is 0 Å². The maximum Gasteiger partial charge on any atom is 0.352 e. The summed E-state index contributed by atoms with van der Waals surface area (Å²) in [5.74, 6) is -0.501. The number of fused-ring (bicyclic) bond motifs is 1. The van der Waals surface area contributed by atoms with Crippen LogP contribution in [0.1, 0.15) is 32.6 Å². The average molecular weight is 385 g/mol. The van der Waals surface area contributed by atoms with Gasteiger partial charge in [0.2, 0.25) is 0 Å². The van der Waals surface area contributed by atoms with Crippen molar-refractivity contribution in [2.75, 3.05) is 13.7 Å². The fourth-order valence-corrected chi connectivity index (χ4v) is 4.03. The molecule has 0 atom stereocenters. The van der Waals surface area contributed by atoms with E-state index in [1.165, 1.54) is 11.7 Å². The van der Waals surface area contributed by atoms with Gasteiger partial charge in [-0.05, 0) is 19.9 Å². The van der Waals surface area contributed by atoms with E-state index in [2.05, 4.69) is 0 Å².